The largest absolute Gasteiger partial charge is 0.504 e. The van der Waals surface area contributed by atoms with E-state index >= 15 is 0 Å². The Hall–Kier alpha value is -5.46. The van der Waals surface area contributed by atoms with Crippen LogP contribution in [0.15, 0.2) is 45.6 Å². The molecule has 2 aromatic heterocycles. The summed E-state index contributed by atoms with van der Waals surface area (Å²) in [5.74, 6) is -5.02. The second-order valence-corrected chi connectivity index (χ2v) is 9.17. The number of fused-ring (bicyclic) bond motifs is 1. The number of benzene rings is 2. The maximum atomic E-state index is 12.9. The number of aliphatic carboxylic acids is 1. The van der Waals surface area contributed by atoms with Crippen LogP contribution in [0.25, 0.3) is 22.3 Å². The van der Waals surface area contributed by atoms with E-state index in [9.17, 15) is 34.5 Å². The second kappa shape index (κ2) is 11.3. The van der Waals surface area contributed by atoms with Crippen LogP contribution in [0.5, 0.6) is 23.0 Å². The molecule has 13 nitrogen and oxygen atoms in total. The molecule has 41 heavy (non-hydrogen) atoms. The second-order valence-electron chi connectivity index (χ2n) is 9.17. The summed E-state index contributed by atoms with van der Waals surface area (Å²) >= 11 is 0. The highest BCUT2D eigenvalue weighted by Crippen LogP contribution is 2.40. The van der Waals surface area contributed by atoms with E-state index in [1.54, 1.807) is 20.8 Å². The van der Waals surface area contributed by atoms with E-state index in [1.807, 2.05) is 0 Å². The number of amides is 1. The third-order valence-electron chi connectivity index (χ3n) is 6.24. The number of aromatic nitrogens is 2. The molecule has 0 saturated heterocycles. The zero-order valence-corrected chi connectivity index (χ0v) is 22.1. The highest BCUT2D eigenvalue weighted by Gasteiger charge is 2.26. The predicted octanol–water partition coefficient (Wildman–Crippen LogP) is 2.86. The lowest BCUT2D eigenvalue weighted by atomic mass is 10.1. The Labute approximate surface area is 231 Å². The molecule has 0 fully saturated rings. The van der Waals surface area contributed by atoms with Gasteiger partial charge in [-0.25, -0.2) is 9.78 Å². The Morgan fingerprint density at radius 2 is 1.61 bits per heavy atom. The van der Waals surface area contributed by atoms with Gasteiger partial charge >= 0.3 is 11.9 Å². The average Bonchev–Trinajstić information content (AvgIpc) is 2.91. The van der Waals surface area contributed by atoms with E-state index in [0.717, 1.165) is 12.1 Å². The van der Waals surface area contributed by atoms with Crippen molar-refractivity contribution in [1.29, 1.82) is 0 Å². The van der Waals surface area contributed by atoms with Gasteiger partial charge in [-0.15, -0.1) is 0 Å². The highest BCUT2D eigenvalue weighted by molar-refractivity contribution is 5.96. The molecule has 4 aromatic rings. The van der Waals surface area contributed by atoms with Gasteiger partial charge in [-0.3, -0.25) is 19.4 Å². The number of esters is 1. The van der Waals surface area contributed by atoms with E-state index in [2.05, 4.69) is 15.3 Å². The first-order valence-corrected chi connectivity index (χ1v) is 12.2. The first-order valence-electron chi connectivity index (χ1n) is 12.2. The lowest BCUT2D eigenvalue weighted by Crippen LogP contribution is -2.44. The van der Waals surface area contributed by atoms with Gasteiger partial charge in [-0.1, -0.05) is 0 Å². The minimum atomic E-state index is -1.31. The maximum absolute atomic E-state index is 12.9. The van der Waals surface area contributed by atoms with Crippen LogP contribution in [-0.4, -0.2) is 54.3 Å². The molecule has 5 N–H and O–H groups in total. The quantitative estimate of drug-likeness (QED) is 0.119. The number of carbonyl (C=O) groups excluding carboxylic acids is 2. The van der Waals surface area contributed by atoms with Crippen molar-refractivity contribution in [2.24, 2.45) is 0 Å². The molecule has 2 aromatic carbocycles. The van der Waals surface area contributed by atoms with Crippen molar-refractivity contribution in [2.75, 3.05) is 0 Å². The number of carbonyl (C=O) groups is 3. The van der Waals surface area contributed by atoms with Gasteiger partial charge in [-0.2, -0.15) is 0 Å². The summed E-state index contributed by atoms with van der Waals surface area (Å²) in [6.07, 6.45) is -0.659. The molecule has 0 saturated carbocycles. The number of phenols is 3. The topological polar surface area (TPSA) is 209 Å². The molecule has 0 aliphatic carbocycles. The van der Waals surface area contributed by atoms with Crippen LogP contribution in [0.3, 0.4) is 0 Å². The summed E-state index contributed by atoms with van der Waals surface area (Å²) in [5, 5.41) is 40.7. The van der Waals surface area contributed by atoms with Gasteiger partial charge in [-0.05, 0) is 51.5 Å². The van der Waals surface area contributed by atoms with Crippen LogP contribution < -0.4 is 15.5 Å². The minimum absolute atomic E-state index is 0.000643. The number of carboxylic acids is 1. The van der Waals surface area contributed by atoms with Gasteiger partial charge in [0.2, 0.25) is 5.75 Å². The standard InChI is InChI=1S/C28H25N3O10/c1-12-13(2)30-24(14(3)29-12)27(38)31-17(8-9-22(34)35)28(39)40-16-6-4-15(5-7-16)20-10-18(32)23-21(41-20)11-19(33)25(36)26(23)37/h4-7,10-11,17,33,36-37H,8-9H2,1-3H3,(H,31,38)(H,34,35)/t17-/m1/s1. The van der Waals surface area contributed by atoms with E-state index in [4.69, 9.17) is 14.3 Å². The number of nitrogens with one attached hydrogen (secondary N) is 1. The summed E-state index contributed by atoms with van der Waals surface area (Å²) in [7, 11) is 0. The summed E-state index contributed by atoms with van der Waals surface area (Å²) in [6, 6.07) is 6.46. The molecule has 0 bridgehead atoms. The maximum Gasteiger partial charge on any atom is 0.334 e. The van der Waals surface area contributed by atoms with E-state index < -0.39 is 53.0 Å². The Bertz CT molecular complexity index is 1750. The third-order valence-corrected chi connectivity index (χ3v) is 6.24. The number of nitrogens with zero attached hydrogens (tertiary/aromatic N) is 2. The van der Waals surface area contributed by atoms with Crippen LogP contribution in [0, 0.1) is 20.8 Å². The lowest BCUT2D eigenvalue weighted by molar-refractivity contribution is -0.138. The molecule has 1 amide bonds. The fourth-order valence-corrected chi connectivity index (χ4v) is 3.97. The third kappa shape index (κ3) is 6.08. The lowest BCUT2D eigenvalue weighted by Gasteiger charge is -2.17. The molecule has 0 spiro atoms. The van der Waals surface area contributed by atoms with Crippen molar-refractivity contribution in [3.63, 3.8) is 0 Å². The Kier molecular flexibility index (Phi) is 7.89. The Balaban J connectivity index is 1.54. The van der Waals surface area contributed by atoms with Crippen molar-refractivity contribution in [3.05, 3.63) is 69.4 Å². The van der Waals surface area contributed by atoms with Crippen LogP contribution >= 0.6 is 0 Å². The molecule has 2 heterocycles. The SMILES string of the molecule is Cc1nc(C)c(C(=O)N[C@H](CCC(=O)O)C(=O)Oc2ccc(-c3cc(=O)c4c(O)c(O)c(O)cc4o3)cc2)nc1C. The first-order chi connectivity index (χ1) is 19.3. The normalized spacial score (nSPS) is 11.7. The number of hydrogen-bond donors (Lipinski definition) is 5. The Morgan fingerprint density at radius 1 is 0.951 bits per heavy atom. The van der Waals surface area contributed by atoms with Gasteiger partial charge in [0.1, 0.15) is 34.2 Å². The average molecular weight is 564 g/mol. The number of hydrogen-bond acceptors (Lipinski definition) is 11. The summed E-state index contributed by atoms with van der Waals surface area (Å²) < 4.78 is 11.0. The Morgan fingerprint density at radius 3 is 2.27 bits per heavy atom. The van der Waals surface area contributed by atoms with E-state index in [1.165, 1.54) is 24.3 Å². The number of carboxylic acid groups (broad SMARTS) is 1. The number of phenolic OH excluding ortho intramolecular Hbond substituents is 3. The van der Waals surface area contributed by atoms with Crippen LogP contribution in [0.2, 0.25) is 0 Å². The van der Waals surface area contributed by atoms with Crippen molar-refractivity contribution in [3.8, 4) is 34.3 Å². The molecule has 1 atom stereocenters. The van der Waals surface area contributed by atoms with Gasteiger partial charge in [0.05, 0.1) is 17.1 Å². The van der Waals surface area contributed by atoms with Crippen molar-refractivity contribution >= 4 is 28.8 Å². The van der Waals surface area contributed by atoms with Crippen LogP contribution in [0.1, 0.15) is 40.4 Å². The number of aryl methyl sites for hydroxylation is 3. The van der Waals surface area contributed by atoms with E-state index in [0.29, 0.717) is 22.6 Å². The molecule has 0 unspecified atom stereocenters. The zero-order chi connectivity index (χ0) is 30.0. The van der Waals surface area contributed by atoms with Gasteiger partial charge in [0.25, 0.3) is 5.91 Å². The number of rotatable bonds is 8. The molecule has 212 valence electrons. The minimum Gasteiger partial charge on any atom is -0.504 e. The molecule has 0 aliphatic heterocycles. The van der Waals surface area contributed by atoms with Crippen molar-refractivity contribution < 1.29 is 44.0 Å². The molecular formula is C28H25N3O10. The predicted molar refractivity (Wildman–Crippen MR) is 143 cm³/mol. The molecule has 4 rings (SSSR count). The summed E-state index contributed by atoms with van der Waals surface area (Å²) in [6.45, 7) is 5.01. The fraction of sp³-hybridized carbons (Fsp3) is 0.214. The summed E-state index contributed by atoms with van der Waals surface area (Å²) in [5.41, 5.74) is 1.04. The highest BCUT2D eigenvalue weighted by atomic mass is 16.5. The zero-order valence-electron chi connectivity index (χ0n) is 22.1. The molecule has 13 heteroatoms. The summed E-state index contributed by atoms with van der Waals surface area (Å²) in [4.78, 5) is 58.0. The first kappa shape index (κ1) is 28.5. The van der Waals surface area contributed by atoms with Crippen LogP contribution in [0.4, 0.5) is 0 Å². The smallest absolute Gasteiger partial charge is 0.334 e. The number of ether oxygens (including phenoxy) is 1. The van der Waals surface area contributed by atoms with E-state index in [-0.39, 0.29) is 34.6 Å². The van der Waals surface area contributed by atoms with Gasteiger partial charge in [0.15, 0.2) is 16.9 Å². The molecule has 0 aliphatic rings. The van der Waals surface area contributed by atoms with Gasteiger partial charge in [0, 0.05) is 24.1 Å². The molecular weight excluding hydrogens is 538 g/mol. The van der Waals surface area contributed by atoms with Gasteiger partial charge < -0.3 is 34.9 Å². The number of aromatic hydroxyl groups is 3. The van der Waals surface area contributed by atoms with Crippen molar-refractivity contribution in [1.82, 2.24) is 15.3 Å². The van der Waals surface area contributed by atoms with Crippen LogP contribution in [-0.2, 0) is 9.59 Å². The fourth-order valence-electron chi connectivity index (χ4n) is 3.97. The molecule has 0 radical (unpaired) electrons. The van der Waals surface area contributed by atoms with Crippen molar-refractivity contribution in [2.45, 2.75) is 39.7 Å². The monoisotopic (exact) mass is 563 g/mol.